The monoisotopic (exact) mass is 686 g/mol. The van der Waals surface area contributed by atoms with Crippen molar-refractivity contribution in [2.24, 2.45) is 11.8 Å². The number of hydrogen-bond acceptors (Lipinski definition) is 6. The number of aliphatic carboxylic acids is 1. The Balaban J connectivity index is 1.10. The van der Waals surface area contributed by atoms with E-state index in [9.17, 15) is 22.7 Å². The summed E-state index contributed by atoms with van der Waals surface area (Å²) < 4.78 is 42.4. The van der Waals surface area contributed by atoms with Gasteiger partial charge in [0, 0.05) is 50.1 Å². The minimum absolute atomic E-state index is 0.0244. The highest BCUT2D eigenvalue weighted by molar-refractivity contribution is 7.91. The summed E-state index contributed by atoms with van der Waals surface area (Å²) in [5.74, 6) is -0.411. The van der Waals surface area contributed by atoms with Crippen LogP contribution in [-0.2, 0) is 27.6 Å². The molecule has 1 N–H and O–H groups in total. The zero-order valence-electron chi connectivity index (χ0n) is 28.6. The number of piperidine rings is 1. The van der Waals surface area contributed by atoms with E-state index in [1.807, 2.05) is 32.0 Å². The molecule has 0 spiro atoms. The molecule has 0 bridgehead atoms. The molecule has 49 heavy (non-hydrogen) atoms. The number of likely N-dealkylation sites (tertiary alicyclic amines) is 2. The Labute approximate surface area is 289 Å². The Morgan fingerprint density at radius 2 is 1.63 bits per heavy atom. The molecule has 1 aromatic heterocycles. The van der Waals surface area contributed by atoms with E-state index in [2.05, 4.69) is 27.5 Å². The molecule has 2 fully saturated rings. The fourth-order valence-corrected chi connectivity index (χ4v) is 9.21. The van der Waals surface area contributed by atoms with Crippen molar-refractivity contribution in [2.75, 3.05) is 32.7 Å². The molecule has 2 aliphatic rings. The van der Waals surface area contributed by atoms with Crippen molar-refractivity contribution in [3.05, 3.63) is 113 Å². The van der Waals surface area contributed by atoms with Gasteiger partial charge in [-0.3, -0.25) is 14.4 Å². The van der Waals surface area contributed by atoms with Crippen molar-refractivity contribution in [3.63, 3.8) is 0 Å². The molecule has 3 aromatic carbocycles. The Hall–Kier alpha value is -3.86. The van der Waals surface area contributed by atoms with Crippen molar-refractivity contribution < 1.29 is 22.7 Å². The maximum Gasteiger partial charge on any atom is 0.321 e. The van der Waals surface area contributed by atoms with Gasteiger partial charge in [-0.1, -0.05) is 56.3 Å². The predicted octanol–water partition coefficient (Wildman–Crippen LogP) is 6.47. The largest absolute Gasteiger partial charge is 0.480 e. The third-order valence-corrected chi connectivity index (χ3v) is 12.1. The molecule has 0 radical (unpaired) electrons. The van der Waals surface area contributed by atoms with E-state index in [0.717, 1.165) is 55.8 Å². The number of nitrogens with zero attached hydrogens (tertiary/aromatic N) is 4. The first-order chi connectivity index (χ1) is 23.5. The summed E-state index contributed by atoms with van der Waals surface area (Å²) in [6, 6.07) is 24.1. The zero-order valence-corrected chi connectivity index (χ0v) is 29.4. The second kappa shape index (κ2) is 14.9. The van der Waals surface area contributed by atoms with Gasteiger partial charge in [0.05, 0.1) is 15.5 Å². The fraction of sp³-hybridized carbons (Fsp3) is 0.436. The van der Waals surface area contributed by atoms with Crippen LogP contribution in [0.25, 0.3) is 0 Å². The van der Waals surface area contributed by atoms with E-state index in [0.29, 0.717) is 25.4 Å². The molecular formula is C39H47FN4O4S. The number of aryl methyl sites for hydroxylation is 1. The van der Waals surface area contributed by atoms with E-state index in [4.69, 9.17) is 5.10 Å². The summed E-state index contributed by atoms with van der Waals surface area (Å²) in [5, 5.41) is 14.9. The van der Waals surface area contributed by atoms with Crippen molar-refractivity contribution in [1.29, 1.82) is 0 Å². The maximum absolute atomic E-state index is 14.3. The van der Waals surface area contributed by atoms with Gasteiger partial charge < -0.3 is 10.0 Å². The van der Waals surface area contributed by atoms with Crippen molar-refractivity contribution in [1.82, 2.24) is 19.6 Å². The molecule has 6 rings (SSSR count). The normalized spacial score (nSPS) is 20.2. The van der Waals surface area contributed by atoms with Gasteiger partial charge in [0.15, 0.2) is 0 Å². The number of benzene rings is 3. The highest BCUT2D eigenvalue weighted by atomic mass is 32.2. The van der Waals surface area contributed by atoms with Crippen LogP contribution in [0.15, 0.2) is 94.7 Å². The van der Waals surface area contributed by atoms with Gasteiger partial charge in [0.2, 0.25) is 9.84 Å². The number of carboxylic acids is 1. The molecule has 0 amide bonds. The van der Waals surface area contributed by atoms with Crippen LogP contribution < -0.4 is 0 Å². The van der Waals surface area contributed by atoms with E-state index in [1.165, 1.54) is 11.8 Å². The molecule has 2 aliphatic heterocycles. The minimum atomic E-state index is -3.56. The number of hydrogen-bond donors (Lipinski definition) is 1. The molecule has 0 aliphatic carbocycles. The number of carbonyl (C=O) groups is 1. The lowest BCUT2D eigenvalue weighted by Crippen LogP contribution is -2.44. The quantitative estimate of drug-likeness (QED) is 0.183. The van der Waals surface area contributed by atoms with Gasteiger partial charge in [-0.25, -0.2) is 12.8 Å². The topological polar surface area (TPSA) is 95.7 Å². The van der Waals surface area contributed by atoms with Crippen LogP contribution in [0.4, 0.5) is 4.39 Å². The third kappa shape index (κ3) is 7.82. The van der Waals surface area contributed by atoms with Crippen molar-refractivity contribution >= 4 is 15.8 Å². The van der Waals surface area contributed by atoms with E-state index in [1.54, 1.807) is 54.6 Å². The molecule has 0 unspecified atom stereocenters. The van der Waals surface area contributed by atoms with Gasteiger partial charge >= 0.3 is 5.97 Å². The number of carboxylic acid groups (broad SMARTS) is 1. The standard InChI is InChI=1S/C39H47FN4O4S/c1-4-44-37(23-33(41-44)21-28-13-15-35(16-14-28)49(47,48)34-11-6-5-7-12-34)29-17-19-42(20-18-29)24-31-25-43(38(27(2)3)39(45)46)26-36(31)30-9-8-10-32(40)22-30/h5-16,22-23,27,29,31,36,38H,4,17-21,24-26H2,1-3H3,(H,45,46)/t31-,36+,38+/m0/s1. The summed E-state index contributed by atoms with van der Waals surface area (Å²) in [6.45, 7) is 10.8. The Morgan fingerprint density at radius 1 is 0.939 bits per heavy atom. The van der Waals surface area contributed by atoms with E-state index >= 15 is 0 Å². The summed E-state index contributed by atoms with van der Waals surface area (Å²) >= 11 is 0. The zero-order chi connectivity index (χ0) is 34.7. The minimum Gasteiger partial charge on any atom is -0.480 e. The average Bonchev–Trinajstić information content (AvgIpc) is 3.69. The lowest BCUT2D eigenvalue weighted by atomic mass is 9.87. The Bertz CT molecular complexity index is 1840. The maximum atomic E-state index is 14.3. The summed E-state index contributed by atoms with van der Waals surface area (Å²) in [6.07, 6.45) is 2.63. The lowest BCUT2D eigenvalue weighted by Gasteiger charge is -2.35. The number of rotatable bonds is 12. The first kappa shape index (κ1) is 35.0. The molecule has 3 heterocycles. The number of halogens is 1. The number of sulfone groups is 1. The first-order valence-corrected chi connectivity index (χ1v) is 18.9. The van der Waals surface area contributed by atoms with Crippen LogP contribution in [-0.4, -0.2) is 77.8 Å². The van der Waals surface area contributed by atoms with Crippen molar-refractivity contribution in [3.8, 4) is 0 Å². The first-order valence-electron chi connectivity index (χ1n) is 17.4. The molecule has 2 saturated heterocycles. The lowest BCUT2D eigenvalue weighted by molar-refractivity contribution is -0.144. The van der Waals surface area contributed by atoms with Gasteiger partial charge in [-0.05, 0) is 98.3 Å². The molecule has 10 heteroatoms. The Kier molecular flexibility index (Phi) is 10.7. The molecule has 8 nitrogen and oxygen atoms in total. The molecule has 260 valence electrons. The second-order valence-corrected chi connectivity index (χ2v) is 15.9. The van der Waals surface area contributed by atoms with Crippen LogP contribution in [0.5, 0.6) is 0 Å². The summed E-state index contributed by atoms with van der Waals surface area (Å²) in [7, 11) is -3.56. The SMILES string of the molecule is CCn1nc(Cc2ccc(S(=O)(=O)c3ccccc3)cc2)cc1C1CCN(C[C@H]2CN([C@@H](C(=O)O)C(C)C)C[C@@H]2c2cccc(F)c2)CC1. The van der Waals surface area contributed by atoms with Gasteiger partial charge in [-0.15, -0.1) is 0 Å². The highest BCUT2D eigenvalue weighted by Crippen LogP contribution is 2.37. The molecule has 0 saturated carbocycles. The van der Waals surface area contributed by atoms with Crippen molar-refractivity contribution in [2.45, 2.75) is 74.2 Å². The van der Waals surface area contributed by atoms with Gasteiger partial charge in [-0.2, -0.15) is 5.10 Å². The van der Waals surface area contributed by atoms with Crippen LogP contribution in [0.1, 0.15) is 68.0 Å². The highest BCUT2D eigenvalue weighted by Gasteiger charge is 2.41. The predicted molar refractivity (Wildman–Crippen MR) is 188 cm³/mol. The summed E-state index contributed by atoms with van der Waals surface area (Å²) in [4.78, 5) is 17.4. The third-order valence-electron chi connectivity index (χ3n) is 10.4. The van der Waals surface area contributed by atoms with Crippen LogP contribution in [0.2, 0.25) is 0 Å². The average molecular weight is 687 g/mol. The van der Waals surface area contributed by atoms with Crippen LogP contribution in [0.3, 0.4) is 0 Å². The van der Waals surface area contributed by atoms with Crippen LogP contribution in [0, 0.1) is 17.7 Å². The second-order valence-electron chi connectivity index (χ2n) is 14.0. The molecule has 3 atom stereocenters. The summed E-state index contributed by atoms with van der Waals surface area (Å²) in [5.41, 5.74) is 4.17. The number of aromatic nitrogens is 2. The van der Waals surface area contributed by atoms with E-state index in [-0.39, 0.29) is 33.4 Å². The van der Waals surface area contributed by atoms with Gasteiger partial charge in [0.25, 0.3) is 0 Å². The molecular weight excluding hydrogens is 640 g/mol. The van der Waals surface area contributed by atoms with E-state index < -0.39 is 21.8 Å². The van der Waals surface area contributed by atoms with Crippen LogP contribution >= 0.6 is 0 Å². The van der Waals surface area contributed by atoms with Gasteiger partial charge in [0.1, 0.15) is 11.9 Å². The fourth-order valence-electron chi connectivity index (χ4n) is 7.92. The Morgan fingerprint density at radius 3 is 2.27 bits per heavy atom. The molecule has 4 aromatic rings. The smallest absolute Gasteiger partial charge is 0.321 e.